The van der Waals surface area contributed by atoms with Crippen molar-refractivity contribution in [3.63, 3.8) is 0 Å². The Bertz CT molecular complexity index is 331. The average Bonchev–Trinajstić information content (AvgIpc) is 2.31. The summed E-state index contributed by atoms with van der Waals surface area (Å²) in [5.74, 6) is -0.646. The molecule has 106 valence electrons. The van der Waals surface area contributed by atoms with Crippen molar-refractivity contribution in [3.8, 4) is 0 Å². The van der Waals surface area contributed by atoms with Gasteiger partial charge in [0.05, 0.1) is 13.2 Å². The van der Waals surface area contributed by atoms with E-state index in [1.807, 2.05) is 0 Å². The lowest BCUT2D eigenvalue weighted by Gasteiger charge is -2.22. The number of hydrogen-bond acceptors (Lipinski definition) is 6. The first-order chi connectivity index (χ1) is 8.50. The quantitative estimate of drug-likeness (QED) is 0.317. The van der Waals surface area contributed by atoms with E-state index >= 15 is 0 Å². The van der Waals surface area contributed by atoms with Gasteiger partial charge in [-0.25, -0.2) is 0 Å². The predicted molar refractivity (Wildman–Crippen MR) is 68.0 cm³/mol. The Kier molecular flexibility index (Phi) is 7.82. The third kappa shape index (κ3) is 4.08. The van der Waals surface area contributed by atoms with E-state index in [4.69, 9.17) is 14.3 Å². The molecule has 0 bridgehead atoms. The van der Waals surface area contributed by atoms with E-state index in [9.17, 15) is 9.36 Å². The number of rotatable bonds is 8. The van der Waals surface area contributed by atoms with Gasteiger partial charge in [-0.1, -0.05) is 5.16 Å². The fourth-order valence-corrected chi connectivity index (χ4v) is 2.85. The summed E-state index contributed by atoms with van der Waals surface area (Å²) in [6.45, 7) is 7.75. The molecule has 0 unspecified atom stereocenters. The number of carbonyl (C=O) groups excluding carboxylic acids is 1. The van der Waals surface area contributed by atoms with Crippen molar-refractivity contribution < 1.29 is 23.6 Å². The zero-order chi connectivity index (χ0) is 14.2. The fourth-order valence-electron chi connectivity index (χ4n) is 1.37. The monoisotopic (exact) mass is 280 g/mol. The van der Waals surface area contributed by atoms with Crippen LogP contribution in [0.3, 0.4) is 0 Å². The van der Waals surface area contributed by atoms with E-state index < -0.39 is 19.0 Å². The molecule has 0 aromatic carbocycles. The van der Waals surface area contributed by atoms with Gasteiger partial charge >= 0.3 is 7.60 Å². The Morgan fingerprint density at radius 2 is 1.61 bits per heavy atom. The second kappa shape index (κ2) is 8.24. The van der Waals surface area contributed by atoms with Gasteiger partial charge < -0.3 is 19.2 Å². The highest BCUT2D eigenvalue weighted by atomic mass is 31.2. The Balaban J connectivity index is 5.27. The highest BCUT2D eigenvalue weighted by molar-refractivity contribution is 7.75. The molecule has 18 heavy (non-hydrogen) atoms. The van der Waals surface area contributed by atoms with Crippen molar-refractivity contribution in [1.29, 1.82) is 0 Å². The molecule has 0 spiro atoms. The summed E-state index contributed by atoms with van der Waals surface area (Å²) in [6.07, 6.45) is 0. The van der Waals surface area contributed by atoms with Crippen molar-refractivity contribution in [3.05, 3.63) is 0 Å². The molecule has 0 aliphatic heterocycles. The largest absolute Gasteiger partial charge is 0.410 e. The summed E-state index contributed by atoms with van der Waals surface area (Å²) in [7, 11) is -3.86. The molecule has 1 amide bonds. The first-order valence-electron chi connectivity index (χ1n) is 5.91. The SMILES string of the molecule is CCOP(=O)(OCC)/C(=N\O)C(=O)N(CC)CC. The van der Waals surface area contributed by atoms with Crippen molar-refractivity contribution in [2.24, 2.45) is 5.16 Å². The van der Waals surface area contributed by atoms with Crippen molar-refractivity contribution in [2.75, 3.05) is 26.3 Å². The van der Waals surface area contributed by atoms with Gasteiger partial charge in [-0.3, -0.25) is 9.36 Å². The van der Waals surface area contributed by atoms with Crippen LogP contribution in [0, 0.1) is 0 Å². The molecule has 0 saturated carbocycles. The molecule has 0 aliphatic rings. The second-order valence-corrected chi connectivity index (χ2v) is 5.17. The molecule has 0 radical (unpaired) electrons. The third-order valence-corrected chi connectivity index (χ3v) is 4.19. The van der Waals surface area contributed by atoms with Crippen LogP contribution in [0.2, 0.25) is 0 Å². The summed E-state index contributed by atoms with van der Waals surface area (Å²) in [6, 6.07) is 0. The highest BCUT2D eigenvalue weighted by Crippen LogP contribution is 2.50. The second-order valence-electron chi connectivity index (χ2n) is 3.23. The Labute approximate surface area is 107 Å². The molecular weight excluding hydrogens is 259 g/mol. The van der Waals surface area contributed by atoms with E-state index in [1.54, 1.807) is 27.7 Å². The molecule has 0 saturated heterocycles. The van der Waals surface area contributed by atoms with E-state index in [2.05, 4.69) is 5.16 Å². The maximum Gasteiger partial charge on any atom is 0.388 e. The molecule has 0 aromatic rings. The molecular formula is C10H21N2O5P. The minimum atomic E-state index is -3.86. The van der Waals surface area contributed by atoms with Gasteiger partial charge in [0.1, 0.15) is 0 Å². The molecule has 0 atom stereocenters. The fraction of sp³-hybridized carbons (Fsp3) is 0.800. The van der Waals surface area contributed by atoms with Crippen LogP contribution in [-0.4, -0.2) is 47.8 Å². The lowest BCUT2D eigenvalue weighted by Crippen LogP contribution is -2.36. The average molecular weight is 280 g/mol. The smallest absolute Gasteiger partial charge is 0.388 e. The van der Waals surface area contributed by atoms with Crippen molar-refractivity contribution in [1.82, 2.24) is 4.90 Å². The number of hydrogen-bond donors (Lipinski definition) is 1. The van der Waals surface area contributed by atoms with Gasteiger partial charge in [0.25, 0.3) is 11.4 Å². The number of oxime groups is 1. The van der Waals surface area contributed by atoms with Crippen LogP contribution in [0.4, 0.5) is 0 Å². The Morgan fingerprint density at radius 3 is 1.89 bits per heavy atom. The van der Waals surface area contributed by atoms with Crippen molar-refractivity contribution in [2.45, 2.75) is 27.7 Å². The summed E-state index contributed by atoms with van der Waals surface area (Å²) in [4.78, 5) is 13.4. The van der Waals surface area contributed by atoms with Crippen LogP contribution >= 0.6 is 7.60 Å². The summed E-state index contributed by atoms with van der Waals surface area (Å²) < 4.78 is 22.3. The van der Waals surface area contributed by atoms with Gasteiger partial charge in [-0.15, -0.1) is 0 Å². The van der Waals surface area contributed by atoms with E-state index in [-0.39, 0.29) is 13.2 Å². The van der Waals surface area contributed by atoms with Gasteiger partial charge in [0, 0.05) is 13.1 Å². The normalized spacial score (nSPS) is 12.6. The summed E-state index contributed by atoms with van der Waals surface area (Å²) in [5.41, 5.74) is -0.574. The van der Waals surface area contributed by atoms with Crippen LogP contribution in [0.5, 0.6) is 0 Å². The molecule has 0 rings (SSSR count). The molecule has 1 N–H and O–H groups in total. The highest BCUT2D eigenvalue weighted by Gasteiger charge is 2.39. The van der Waals surface area contributed by atoms with Crippen LogP contribution in [-0.2, 0) is 18.4 Å². The number of amides is 1. The Hall–Kier alpha value is -0.910. The zero-order valence-electron chi connectivity index (χ0n) is 11.3. The molecule has 0 fully saturated rings. The van der Waals surface area contributed by atoms with Crippen LogP contribution in [0.1, 0.15) is 27.7 Å². The van der Waals surface area contributed by atoms with Gasteiger partial charge in [0.2, 0.25) is 0 Å². The lowest BCUT2D eigenvalue weighted by atomic mass is 10.5. The molecule has 7 nitrogen and oxygen atoms in total. The van der Waals surface area contributed by atoms with Crippen LogP contribution < -0.4 is 0 Å². The first-order valence-corrected chi connectivity index (χ1v) is 7.45. The summed E-state index contributed by atoms with van der Waals surface area (Å²) in [5, 5.41) is 11.8. The van der Waals surface area contributed by atoms with Crippen LogP contribution in [0.25, 0.3) is 0 Å². The minimum Gasteiger partial charge on any atom is -0.410 e. The third-order valence-electron chi connectivity index (χ3n) is 2.19. The molecule has 0 heterocycles. The Morgan fingerprint density at radius 1 is 1.17 bits per heavy atom. The van der Waals surface area contributed by atoms with Crippen LogP contribution in [0.15, 0.2) is 5.16 Å². The van der Waals surface area contributed by atoms with Gasteiger partial charge in [-0.05, 0) is 27.7 Å². The van der Waals surface area contributed by atoms with Crippen molar-refractivity contribution >= 4 is 19.0 Å². The molecule has 0 aromatic heterocycles. The maximum atomic E-state index is 12.3. The van der Waals surface area contributed by atoms with Gasteiger partial charge in [0.15, 0.2) is 0 Å². The zero-order valence-corrected chi connectivity index (χ0v) is 12.1. The van der Waals surface area contributed by atoms with E-state index in [1.165, 1.54) is 4.90 Å². The van der Waals surface area contributed by atoms with Gasteiger partial charge in [-0.2, -0.15) is 0 Å². The first kappa shape index (κ1) is 17.1. The standard InChI is InChI=1S/C10H21N2O5P/c1-5-12(6-2)10(13)9(11-14)18(15,16-7-3)17-8-4/h14H,5-8H2,1-4H3/b11-9-. The topological polar surface area (TPSA) is 88.4 Å². The maximum absolute atomic E-state index is 12.3. The van der Waals surface area contributed by atoms with E-state index in [0.717, 1.165) is 0 Å². The summed E-state index contributed by atoms with van der Waals surface area (Å²) >= 11 is 0. The number of carbonyl (C=O) groups is 1. The lowest BCUT2D eigenvalue weighted by molar-refractivity contribution is -0.123. The molecule has 0 aliphatic carbocycles. The minimum absolute atomic E-state index is 0.0851. The predicted octanol–water partition coefficient (Wildman–Crippen LogP) is 1.91. The molecule has 8 heteroatoms. The number of nitrogens with zero attached hydrogens (tertiary/aromatic N) is 2. The van der Waals surface area contributed by atoms with E-state index in [0.29, 0.717) is 13.1 Å².